The van der Waals surface area contributed by atoms with E-state index in [9.17, 15) is 45.6 Å². The maximum atomic E-state index is 12.3. The van der Waals surface area contributed by atoms with E-state index in [0.717, 1.165) is 25.7 Å². The van der Waals surface area contributed by atoms with E-state index in [-0.39, 0.29) is 19.4 Å². The fraction of sp³-hybridized carbons (Fsp3) is 0.750. The molecule has 13 nitrogen and oxygen atoms in total. The lowest BCUT2D eigenvalue weighted by Gasteiger charge is -2.46. The quantitative estimate of drug-likeness (QED) is 0.0430. The monoisotopic (exact) mass is 700 g/mol. The summed E-state index contributed by atoms with van der Waals surface area (Å²) in [6.07, 6.45) is 11.3. The van der Waals surface area contributed by atoms with Crippen LogP contribution in [0.4, 0.5) is 0 Å². The molecule has 282 valence electrons. The van der Waals surface area contributed by atoms with Gasteiger partial charge in [0.05, 0.1) is 25.4 Å². The zero-order valence-corrected chi connectivity index (χ0v) is 28.7. The van der Waals surface area contributed by atoms with Gasteiger partial charge in [0.15, 0.2) is 6.29 Å². The molecular weight excluding hydrogens is 640 g/mol. The minimum atomic E-state index is -1.70. The maximum Gasteiger partial charge on any atom is 0.305 e. The predicted octanol–water partition coefficient (Wildman–Crippen LogP) is 1.34. The molecule has 1 saturated carbocycles. The largest absolute Gasteiger partial charge is 0.463 e. The Hall–Kier alpha value is -2.01. The van der Waals surface area contributed by atoms with Crippen LogP contribution in [0.3, 0.4) is 0 Å². The van der Waals surface area contributed by atoms with Gasteiger partial charge in [0, 0.05) is 18.9 Å². The van der Waals surface area contributed by atoms with Crippen molar-refractivity contribution >= 4 is 5.97 Å². The highest BCUT2D eigenvalue weighted by Crippen LogP contribution is 2.32. The number of rotatable bonds is 23. The van der Waals surface area contributed by atoms with E-state index in [1.54, 1.807) is 0 Å². The molecule has 1 heterocycles. The van der Waals surface area contributed by atoms with Crippen LogP contribution in [0, 0.1) is 5.92 Å². The van der Waals surface area contributed by atoms with Crippen LogP contribution in [0.15, 0.2) is 48.6 Å². The summed E-state index contributed by atoms with van der Waals surface area (Å²) in [5, 5.41) is 81.4. The molecular formula is C36H60O13. The van der Waals surface area contributed by atoms with Crippen molar-refractivity contribution in [3.8, 4) is 0 Å². The Morgan fingerprint density at radius 1 is 0.755 bits per heavy atom. The summed E-state index contributed by atoms with van der Waals surface area (Å²) in [5.41, 5.74) is 0. The Balaban J connectivity index is 1.71. The average molecular weight is 701 g/mol. The maximum absolute atomic E-state index is 12.3. The van der Waals surface area contributed by atoms with E-state index in [2.05, 4.69) is 43.4 Å². The van der Waals surface area contributed by atoms with Gasteiger partial charge in [-0.15, -0.1) is 0 Å². The van der Waals surface area contributed by atoms with Gasteiger partial charge in [-0.3, -0.25) is 4.79 Å². The van der Waals surface area contributed by atoms with Crippen LogP contribution in [0.25, 0.3) is 0 Å². The molecule has 0 spiro atoms. The highest BCUT2D eigenvalue weighted by molar-refractivity contribution is 5.69. The lowest BCUT2D eigenvalue weighted by molar-refractivity contribution is -0.331. The SMILES string of the molecule is CCCCC/C=C\C/C=C\C/C=C\C/C=C\CCCC(=O)OCC(CO)O[C@@H]1O[C@H](CO)[C@@H](O)[C@H](O[C@@H]2C[C@H](CO)[C@@H](O)[C@H](O)[C@H]2O)[C@H]1O. The second kappa shape index (κ2) is 25.0. The van der Waals surface area contributed by atoms with E-state index in [1.165, 1.54) is 19.3 Å². The van der Waals surface area contributed by atoms with Gasteiger partial charge < -0.3 is 59.8 Å². The normalized spacial score (nSPS) is 31.8. The molecule has 49 heavy (non-hydrogen) atoms. The number of hydrogen-bond donors (Lipinski definition) is 8. The summed E-state index contributed by atoms with van der Waals surface area (Å²) >= 11 is 0. The van der Waals surface area contributed by atoms with Crippen LogP contribution in [0.1, 0.15) is 77.6 Å². The Labute approximate surface area is 290 Å². The lowest BCUT2D eigenvalue weighted by atomic mass is 9.81. The second-order valence-electron chi connectivity index (χ2n) is 12.6. The van der Waals surface area contributed by atoms with Gasteiger partial charge in [0.2, 0.25) is 0 Å². The van der Waals surface area contributed by atoms with Crippen molar-refractivity contribution in [2.45, 2.75) is 139 Å². The summed E-state index contributed by atoms with van der Waals surface area (Å²) in [4.78, 5) is 12.3. The van der Waals surface area contributed by atoms with Gasteiger partial charge in [-0.25, -0.2) is 0 Å². The van der Waals surface area contributed by atoms with Gasteiger partial charge in [-0.1, -0.05) is 68.4 Å². The Kier molecular flexibility index (Phi) is 22.0. The molecule has 1 aliphatic carbocycles. The van der Waals surface area contributed by atoms with Crippen molar-refractivity contribution in [2.24, 2.45) is 5.92 Å². The first kappa shape index (κ1) is 43.2. The number of ether oxygens (including phenoxy) is 4. The predicted molar refractivity (Wildman–Crippen MR) is 181 cm³/mol. The summed E-state index contributed by atoms with van der Waals surface area (Å²) in [7, 11) is 0. The van der Waals surface area contributed by atoms with E-state index < -0.39 is 92.9 Å². The van der Waals surface area contributed by atoms with Crippen LogP contribution < -0.4 is 0 Å². The van der Waals surface area contributed by atoms with Crippen LogP contribution in [0.2, 0.25) is 0 Å². The molecule has 1 aliphatic heterocycles. The first-order valence-corrected chi connectivity index (χ1v) is 17.6. The van der Waals surface area contributed by atoms with E-state index in [0.29, 0.717) is 12.8 Å². The lowest BCUT2D eigenvalue weighted by Crippen LogP contribution is -2.63. The average Bonchev–Trinajstić information content (AvgIpc) is 3.10. The minimum absolute atomic E-state index is 0.0976. The van der Waals surface area contributed by atoms with Crippen LogP contribution >= 0.6 is 0 Å². The molecule has 11 atom stereocenters. The van der Waals surface area contributed by atoms with Crippen molar-refractivity contribution in [3.05, 3.63) is 48.6 Å². The summed E-state index contributed by atoms with van der Waals surface area (Å²) in [6, 6.07) is 0. The van der Waals surface area contributed by atoms with E-state index >= 15 is 0 Å². The van der Waals surface area contributed by atoms with Gasteiger partial charge in [0.1, 0.15) is 49.3 Å². The highest BCUT2D eigenvalue weighted by atomic mass is 16.7. The number of hydrogen-bond acceptors (Lipinski definition) is 13. The Morgan fingerprint density at radius 2 is 1.37 bits per heavy atom. The molecule has 2 rings (SSSR count). The number of esters is 1. The van der Waals surface area contributed by atoms with Crippen molar-refractivity contribution in [1.82, 2.24) is 0 Å². The van der Waals surface area contributed by atoms with E-state index in [1.807, 2.05) is 12.2 Å². The summed E-state index contributed by atoms with van der Waals surface area (Å²) < 4.78 is 22.1. The number of carbonyl (C=O) groups excluding carboxylic acids is 1. The molecule has 8 N–H and O–H groups in total. The zero-order chi connectivity index (χ0) is 36.0. The second-order valence-corrected chi connectivity index (χ2v) is 12.6. The van der Waals surface area contributed by atoms with E-state index in [4.69, 9.17) is 18.9 Å². The summed E-state index contributed by atoms with van der Waals surface area (Å²) in [5.74, 6) is -1.33. The topological polar surface area (TPSA) is 216 Å². The number of aliphatic hydroxyl groups is 8. The third-order valence-electron chi connectivity index (χ3n) is 8.66. The molecule has 13 heteroatoms. The fourth-order valence-electron chi connectivity index (χ4n) is 5.63. The minimum Gasteiger partial charge on any atom is -0.463 e. The first-order chi connectivity index (χ1) is 23.7. The molecule has 0 bridgehead atoms. The van der Waals surface area contributed by atoms with Crippen molar-refractivity contribution in [1.29, 1.82) is 0 Å². The number of unbranched alkanes of at least 4 members (excludes halogenated alkanes) is 4. The molecule has 2 aliphatic rings. The Morgan fingerprint density at radius 3 is 1.94 bits per heavy atom. The third-order valence-corrected chi connectivity index (χ3v) is 8.66. The molecule has 0 aromatic heterocycles. The standard InChI is InChI=1S/C36H60O13/c1-2-3-4-5-6-7-8-9-10-11-12-13-14-15-16-17-18-19-29(40)46-24-26(22-38)47-36-34(45)35(32(43)28(23-39)49-36)48-27-20-25(21-37)30(41)33(44)31(27)42/h6-7,9-10,12-13,15-16,25-28,30-39,41-45H,2-5,8,11,14,17-24H2,1H3/b7-6-,10-9-,13-12-,16-15-/t25-,26?,27-,28-,30-,31+,32-,33+,34-,35+,36-/m1/s1. The van der Waals surface area contributed by atoms with Gasteiger partial charge in [-0.05, 0) is 51.4 Å². The highest BCUT2D eigenvalue weighted by Gasteiger charge is 2.50. The molecule has 2 fully saturated rings. The van der Waals surface area contributed by atoms with Gasteiger partial charge >= 0.3 is 5.97 Å². The smallest absolute Gasteiger partial charge is 0.305 e. The molecule has 1 unspecified atom stereocenters. The van der Waals surface area contributed by atoms with Crippen molar-refractivity contribution < 1.29 is 64.6 Å². The molecule has 0 aromatic rings. The molecule has 0 aromatic carbocycles. The van der Waals surface area contributed by atoms with Crippen molar-refractivity contribution in [2.75, 3.05) is 26.4 Å². The zero-order valence-electron chi connectivity index (χ0n) is 28.7. The van der Waals surface area contributed by atoms with Crippen LogP contribution in [0.5, 0.6) is 0 Å². The van der Waals surface area contributed by atoms with Crippen molar-refractivity contribution in [3.63, 3.8) is 0 Å². The van der Waals surface area contributed by atoms with Crippen LogP contribution in [-0.2, 0) is 23.7 Å². The summed E-state index contributed by atoms with van der Waals surface area (Å²) in [6.45, 7) is 0.0470. The van der Waals surface area contributed by atoms with Gasteiger partial charge in [0.25, 0.3) is 0 Å². The number of allylic oxidation sites excluding steroid dienone is 8. The third kappa shape index (κ3) is 15.4. The fourth-order valence-corrected chi connectivity index (χ4v) is 5.63. The van der Waals surface area contributed by atoms with Gasteiger partial charge in [-0.2, -0.15) is 0 Å². The molecule has 0 radical (unpaired) electrons. The number of aliphatic hydroxyl groups excluding tert-OH is 8. The molecule has 1 saturated heterocycles. The molecule has 0 amide bonds. The first-order valence-electron chi connectivity index (χ1n) is 17.6. The Bertz CT molecular complexity index is 999. The van der Waals surface area contributed by atoms with Crippen LogP contribution in [-0.4, -0.2) is 134 Å². The number of carbonyl (C=O) groups is 1.